The molecule has 26 heavy (non-hydrogen) atoms. The zero-order valence-electron chi connectivity index (χ0n) is 14.9. The molecule has 0 aliphatic rings. The van der Waals surface area contributed by atoms with Gasteiger partial charge in [0.15, 0.2) is 6.61 Å². The van der Waals surface area contributed by atoms with Gasteiger partial charge in [-0.1, -0.05) is 32.0 Å². The second kappa shape index (κ2) is 9.46. The molecule has 2 rings (SSSR count). The normalized spacial score (nSPS) is 10.4. The minimum atomic E-state index is -0.978. The van der Waals surface area contributed by atoms with E-state index in [9.17, 15) is 9.59 Å². The highest BCUT2D eigenvalue weighted by molar-refractivity contribution is 5.87. The van der Waals surface area contributed by atoms with Gasteiger partial charge in [-0.3, -0.25) is 4.79 Å². The van der Waals surface area contributed by atoms with Crippen molar-refractivity contribution in [2.45, 2.75) is 20.4 Å². The third-order valence-corrected chi connectivity index (χ3v) is 3.45. The molecule has 0 fully saturated rings. The number of nitrogens with one attached hydrogen (secondary N) is 1. The standard InChI is InChI=1S/C20H23NO5/c1-14(2)12-25-17-4-3-5-18(10-17)26-13-19(22)21-11-15-6-8-16(9-7-15)20(23)24/h3-10,14H,11-13H2,1-2H3,(H,21,22)(H,23,24). The molecule has 2 aromatic rings. The van der Waals surface area contributed by atoms with Crippen LogP contribution in [0.5, 0.6) is 11.5 Å². The Kier molecular flexibility index (Phi) is 7.02. The minimum absolute atomic E-state index is 0.110. The molecule has 138 valence electrons. The van der Waals surface area contributed by atoms with E-state index >= 15 is 0 Å². The van der Waals surface area contributed by atoms with Crippen LogP contribution in [0, 0.1) is 5.92 Å². The number of carboxylic acids is 1. The first-order valence-corrected chi connectivity index (χ1v) is 8.38. The first-order valence-electron chi connectivity index (χ1n) is 8.38. The van der Waals surface area contributed by atoms with Crippen molar-refractivity contribution in [2.24, 2.45) is 5.92 Å². The van der Waals surface area contributed by atoms with E-state index in [1.807, 2.05) is 12.1 Å². The van der Waals surface area contributed by atoms with Crippen LogP contribution in [0.3, 0.4) is 0 Å². The number of rotatable bonds is 9. The van der Waals surface area contributed by atoms with Crippen molar-refractivity contribution in [3.05, 3.63) is 59.7 Å². The molecule has 2 aromatic carbocycles. The lowest BCUT2D eigenvalue weighted by atomic mass is 10.1. The van der Waals surface area contributed by atoms with Gasteiger partial charge in [0, 0.05) is 12.6 Å². The largest absolute Gasteiger partial charge is 0.493 e. The Morgan fingerprint density at radius 1 is 1.04 bits per heavy atom. The molecule has 0 atom stereocenters. The van der Waals surface area contributed by atoms with Crippen LogP contribution in [-0.2, 0) is 11.3 Å². The highest BCUT2D eigenvalue weighted by Gasteiger charge is 2.06. The summed E-state index contributed by atoms with van der Waals surface area (Å²) in [6.07, 6.45) is 0. The number of benzene rings is 2. The Labute approximate surface area is 152 Å². The fraction of sp³-hybridized carbons (Fsp3) is 0.300. The Balaban J connectivity index is 1.77. The summed E-state index contributed by atoms with van der Waals surface area (Å²) in [6, 6.07) is 13.5. The molecular weight excluding hydrogens is 334 g/mol. The molecule has 0 saturated heterocycles. The van der Waals surface area contributed by atoms with Gasteiger partial charge in [-0.05, 0) is 35.7 Å². The summed E-state index contributed by atoms with van der Waals surface area (Å²) in [6.45, 7) is 4.95. The van der Waals surface area contributed by atoms with E-state index in [1.54, 1.807) is 24.3 Å². The van der Waals surface area contributed by atoms with Crippen molar-refractivity contribution in [3.63, 3.8) is 0 Å². The molecule has 0 spiro atoms. The van der Waals surface area contributed by atoms with Crippen LogP contribution >= 0.6 is 0 Å². The Hall–Kier alpha value is -3.02. The maximum atomic E-state index is 11.9. The second-order valence-corrected chi connectivity index (χ2v) is 6.25. The highest BCUT2D eigenvalue weighted by Crippen LogP contribution is 2.19. The predicted molar refractivity (Wildman–Crippen MR) is 97.5 cm³/mol. The minimum Gasteiger partial charge on any atom is -0.493 e. The fourth-order valence-corrected chi connectivity index (χ4v) is 2.08. The number of carbonyl (C=O) groups excluding carboxylic acids is 1. The van der Waals surface area contributed by atoms with Gasteiger partial charge in [0.2, 0.25) is 0 Å². The van der Waals surface area contributed by atoms with Crippen molar-refractivity contribution < 1.29 is 24.2 Å². The molecule has 0 aromatic heterocycles. The second-order valence-electron chi connectivity index (χ2n) is 6.25. The maximum Gasteiger partial charge on any atom is 0.335 e. The SMILES string of the molecule is CC(C)COc1cccc(OCC(=O)NCc2ccc(C(=O)O)cc2)c1. The molecule has 1 amide bonds. The van der Waals surface area contributed by atoms with Crippen molar-refractivity contribution >= 4 is 11.9 Å². The van der Waals surface area contributed by atoms with Gasteiger partial charge in [-0.15, -0.1) is 0 Å². The van der Waals surface area contributed by atoms with E-state index < -0.39 is 5.97 Å². The first-order chi connectivity index (χ1) is 12.4. The number of carboxylic acid groups (broad SMARTS) is 1. The van der Waals surface area contributed by atoms with Gasteiger partial charge in [-0.2, -0.15) is 0 Å². The molecule has 2 N–H and O–H groups in total. The molecule has 0 saturated carbocycles. The van der Waals surface area contributed by atoms with Crippen molar-refractivity contribution in [3.8, 4) is 11.5 Å². The first kappa shape index (κ1) is 19.3. The molecule has 0 heterocycles. The number of carbonyl (C=O) groups is 2. The molecule has 6 heteroatoms. The molecule has 0 aliphatic heterocycles. The molecule has 6 nitrogen and oxygen atoms in total. The van der Waals surface area contributed by atoms with E-state index in [2.05, 4.69) is 19.2 Å². The number of ether oxygens (including phenoxy) is 2. The summed E-state index contributed by atoms with van der Waals surface area (Å²) in [5, 5.41) is 11.6. The molecule has 0 unspecified atom stereocenters. The third kappa shape index (κ3) is 6.47. The van der Waals surface area contributed by atoms with Crippen LogP contribution in [0.25, 0.3) is 0 Å². The maximum absolute atomic E-state index is 11.9. The number of aromatic carboxylic acids is 1. The van der Waals surface area contributed by atoms with E-state index in [1.165, 1.54) is 12.1 Å². The van der Waals surface area contributed by atoms with E-state index in [4.69, 9.17) is 14.6 Å². The number of hydrogen-bond donors (Lipinski definition) is 2. The molecular formula is C20H23NO5. The Morgan fingerprint density at radius 2 is 1.69 bits per heavy atom. The molecule has 0 aliphatic carbocycles. The van der Waals surface area contributed by atoms with Crippen LogP contribution in [0.1, 0.15) is 29.8 Å². The lowest BCUT2D eigenvalue weighted by Gasteiger charge is -2.11. The number of amides is 1. The summed E-state index contributed by atoms with van der Waals surface area (Å²) in [5.41, 5.74) is 1.02. The average molecular weight is 357 g/mol. The van der Waals surface area contributed by atoms with Gasteiger partial charge in [0.1, 0.15) is 11.5 Å². The fourth-order valence-electron chi connectivity index (χ4n) is 2.08. The third-order valence-electron chi connectivity index (χ3n) is 3.45. The van der Waals surface area contributed by atoms with Gasteiger partial charge < -0.3 is 19.9 Å². The highest BCUT2D eigenvalue weighted by atomic mass is 16.5. The zero-order chi connectivity index (χ0) is 18.9. The molecule has 0 radical (unpaired) electrons. The summed E-state index contributed by atoms with van der Waals surface area (Å²) >= 11 is 0. The summed E-state index contributed by atoms with van der Waals surface area (Å²) in [5.74, 6) is 0.451. The van der Waals surface area contributed by atoms with Crippen LogP contribution in [0.2, 0.25) is 0 Å². The van der Waals surface area contributed by atoms with Crippen molar-refractivity contribution in [1.29, 1.82) is 0 Å². The van der Waals surface area contributed by atoms with Gasteiger partial charge >= 0.3 is 5.97 Å². The Bertz CT molecular complexity index is 740. The summed E-state index contributed by atoms with van der Waals surface area (Å²) in [7, 11) is 0. The average Bonchev–Trinajstić information content (AvgIpc) is 2.63. The van der Waals surface area contributed by atoms with Crippen molar-refractivity contribution in [1.82, 2.24) is 5.32 Å². The van der Waals surface area contributed by atoms with E-state index in [-0.39, 0.29) is 18.1 Å². The van der Waals surface area contributed by atoms with Crippen LogP contribution in [0.4, 0.5) is 0 Å². The zero-order valence-corrected chi connectivity index (χ0v) is 14.9. The van der Waals surface area contributed by atoms with Crippen molar-refractivity contribution in [2.75, 3.05) is 13.2 Å². The van der Waals surface area contributed by atoms with Gasteiger partial charge in [0.05, 0.1) is 12.2 Å². The Morgan fingerprint density at radius 3 is 2.31 bits per heavy atom. The summed E-state index contributed by atoms with van der Waals surface area (Å²) in [4.78, 5) is 22.7. The smallest absolute Gasteiger partial charge is 0.335 e. The van der Waals surface area contributed by atoms with Crippen LogP contribution in [-0.4, -0.2) is 30.2 Å². The van der Waals surface area contributed by atoms with E-state index in [0.29, 0.717) is 30.6 Å². The number of hydrogen-bond acceptors (Lipinski definition) is 4. The monoisotopic (exact) mass is 357 g/mol. The topological polar surface area (TPSA) is 84.9 Å². The van der Waals surface area contributed by atoms with Gasteiger partial charge in [0.25, 0.3) is 5.91 Å². The predicted octanol–water partition coefficient (Wildman–Crippen LogP) is 3.11. The van der Waals surface area contributed by atoms with E-state index in [0.717, 1.165) is 5.56 Å². The molecule has 0 bridgehead atoms. The lowest BCUT2D eigenvalue weighted by molar-refractivity contribution is -0.123. The van der Waals surface area contributed by atoms with Crippen LogP contribution in [0.15, 0.2) is 48.5 Å². The quantitative estimate of drug-likeness (QED) is 0.720. The van der Waals surface area contributed by atoms with Gasteiger partial charge in [-0.25, -0.2) is 4.79 Å². The lowest BCUT2D eigenvalue weighted by Crippen LogP contribution is -2.28. The summed E-state index contributed by atoms with van der Waals surface area (Å²) < 4.78 is 11.1. The van der Waals surface area contributed by atoms with Crippen LogP contribution < -0.4 is 14.8 Å².